The molecule has 0 bridgehead atoms. The minimum absolute atomic E-state index is 0.0279. The molecular weight excluding hydrogens is 202 g/mol. The second-order valence-corrected chi connectivity index (χ2v) is 3.22. The maximum Gasteiger partial charge on any atom is 0.139 e. The third-order valence-electron chi connectivity index (χ3n) is 1.92. The number of halogens is 1. The summed E-state index contributed by atoms with van der Waals surface area (Å²) in [5, 5.41) is 9.82. The lowest BCUT2D eigenvalue weighted by Crippen LogP contribution is -2.07. The van der Waals surface area contributed by atoms with Crippen LogP contribution < -0.4 is 10.5 Å². The fraction of sp³-hybridized carbons (Fsp3) is 0.200. The third-order valence-corrected chi connectivity index (χ3v) is 2.20. The van der Waals surface area contributed by atoms with Gasteiger partial charge in [0.05, 0.1) is 18.2 Å². The number of aromatic hydroxyl groups is 1. The van der Waals surface area contributed by atoms with Gasteiger partial charge in [0.1, 0.15) is 11.5 Å². The van der Waals surface area contributed by atoms with Crippen molar-refractivity contribution in [1.82, 2.24) is 0 Å². The predicted octanol–water partition coefficient (Wildman–Crippen LogP) is 2.24. The molecule has 14 heavy (non-hydrogen) atoms. The summed E-state index contributed by atoms with van der Waals surface area (Å²) in [5.41, 5.74) is 6.20. The molecule has 0 radical (unpaired) electrons. The monoisotopic (exact) mass is 213 g/mol. The maximum absolute atomic E-state index is 9.60. The van der Waals surface area contributed by atoms with Gasteiger partial charge in [-0.05, 0) is 6.07 Å². The topological polar surface area (TPSA) is 55.5 Å². The molecule has 0 aliphatic heterocycles. The summed E-state index contributed by atoms with van der Waals surface area (Å²) in [6, 6.07) is 2.70. The Hall–Kier alpha value is -1.19. The molecule has 0 spiro atoms. The number of hydrogen-bond donors (Lipinski definition) is 2. The average Bonchev–Trinajstić information content (AvgIpc) is 2.20. The van der Waals surface area contributed by atoms with Crippen molar-refractivity contribution in [3.8, 4) is 11.5 Å². The summed E-state index contributed by atoms with van der Waals surface area (Å²) in [6.07, 6.45) is 1.52. The Labute approximate surface area is 87.8 Å². The van der Waals surface area contributed by atoms with E-state index in [2.05, 4.69) is 6.58 Å². The molecule has 0 saturated carbocycles. The van der Waals surface area contributed by atoms with Gasteiger partial charge in [-0.25, -0.2) is 0 Å². The van der Waals surface area contributed by atoms with Crippen LogP contribution in [0.4, 0.5) is 0 Å². The molecule has 0 unspecified atom stereocenters. The number of hydrogen-bond acceptors (Lipinski definition) is 3. The van der Waals surface area contributed by atoms with Gasteiger partial charge in [-0.3, -0.25) is 0 Å². The van der Waals surface area contributed by atoms with Gasteiger partial charge in [-0.15, -0.1) is 6.58 Å². The molecule has 0 aliphatic rings. The Morgan fingerprint density at radius 3 is 2.79 bits per heavy atom. The van der Waals surface area contributed by atoms with E-state index in [4.69, 9.17) is 22.1 Å². The van der Waals surface area contributed by atoms with Crippen molar-refractivity contribution in [2.24, 2.45) is 5.73 Å². The molecule has 0 amide bonds. The number of phenolic OH excluding ortho intramolecular Hbond substituents is 1. The summed E-state index contributed by atoms with van der Waals surface area (Å²) in [7, 11) is 1.52. The zero-order valence-corrected chi connectivity index (χ0v) is 8.58. The Bertz CT molecular complexity index is 352. The average molecular weight is 214 g/mol. The van der Waals surface area contributed by atoms with Gasteiger partial charge >= 0.3 is 0 Å². The second kappa shape index (κ2) is 4.35. The molecule has 3 N–H and O–H groups in total. The first-order chi connectivity index (χ1) is 6.60. The highest BCUT2D eigenvalue weighted by Crippen LogP contribution is 2.35. The number of rotatable bonds is 3. The number of phenols is 1. The Morgan fingerprint density at radius 1 is 1.64 bits per heavy atom. The van der Waals surface area contributed by atoms with Crippen LogP contribution in [0.15, 0.2) is 24.8 Å². The SMILES string of the molecule is C=C[C@H](N)c1cc(OC)cc(Cl)c1O. The fourth-order valence-electron chi connectivity index (χ4n) is 1.09. The van der Waals surface area contributed by atoms with Crippen LogP contribution >= 0.6 is 11.6 Å². The fourth-order valence-corrected chi connectivity index (χ4v) is 1.31. The summed E-state index contributed by atoms with van der Waals surface area (Å²) in [4.78, 5) is 0. The van der Waals surface area contributed by atoms with Crippen molar-refractivity contribution in [3.05, 3.63) is 35.4 Å². The van der Waals surface area contributed by atoms with E-state index in [0.29, 0.717) is 11.3 Å². The highest BCUT2D eigenvalue weighted by atomic mass is 35.5. The molecule has 0 saturated heterocycles. The van der Waals surface area contributed by atoms with Crippen LogP contribution in [0.2, 0.25) is 5.02 Å². The van der Waals surface area contributed by atoms with Gasteiger partial charge in [-0.1, -0.05) is 17.7 Å². The van der Waals surface area contributed by atoms with E-state index >= 15 is 0 Å². The summed E-state index contributed by atoms with van der Waals surface area (Å²) >= 11 is 5.78. The molecule has 4 heteroatoms. The molecule has 1 rings (SSSR count). The first-order valence-corrected chi connectivity index (χ1v) is 4.42. The maximum atomic E-state index is 9.60. The molecule has 1 aromatic rings. The van der Waals surface area contributed by atoms with Gasteiger partial charge in [0, 0.05) is 11.6 Å². The number of methoxy groups -OCH3 is 1. The van der Waals surface area contributed by atoms with Crippen molar-refractivity contribution < 1.29 is 9.84 Å². The van der Waals surface area contributed by atoms with E-state index in [1.54, 1.807) is 6.07 Å². The lowest BCUT2D eigenvalue weighted by Gasteiger charge is -2.12. The highest BCUT2D eigenvalue weighted by molar-refractivity contribution is 6.32. The van der Waals surface area contributed by atoms with E-state index in [1.807, 2.05) is 0 Å². The van der Waals surface area contributed by atoms with Crippen molar-refractivity contribution in [2.75, 3.05) is 7.11 Å². The zero-order chi connectivity index (χ0) is 10.7. The Kier molecular flexibility index (Phi) is 3.38. The summed E-state index contributed by atoms with van der Waals surface area (Å²) < 4.78 is 5.00. The standard InChI is InChI=1S/C10H12ClNO2/c1-3-9(12)7-4-6(14-2)5-8(11)10(7)13/h3-5,9,13H,1,12H2,2H3/t9-/m0/s1. The van der Waals surface area contributed by atoms with Crippen LogP contribution in [0, 0.1) is 0 Å². The van der Waals surface area contributed by atoms with Crippen LogP contribution in [0.5, 0.6) is 11.5 Å². The molecule has 1 atom stereocenters. The minimum Gasteiger partial charge on any atom is -0.506 e. The van der Waals surface area contributed by atoms with Crippen LogP contribution in [0.3, 0.4) is 0 Å². The van der Waals surface area contributed by atoms with E-state index in [0.717, 1.165) is 0 Å². The highest BCUT2D eigenvalue weighted by Gasteiger charge is 2.12. The van der Waals surface area contributed by atoms with Crippen LogP contribution in [-0.2, 0) is 0 Å². The van der Waals surface area contributed by atoms with E-state index < -0.39 is 6.04 Å². The van der Waals surface area contributed by atoms with Crippen molar-refractivity contribution >= 4 is 11.6 Å². The molecule has 0 heterocycles. The minimum atomic E-state index is -0.456. The third kappa shape index (κ3) is 2.00. The molecule has 76 valence electrons. The molecule has 0 fully saturated rings. The summed E-state index contributed by atoms with van der Waals surface area (Å²) in [5.74, 6) is 0.528. The Balaban J connectivity index is 3.26. The number of ether oxygens (including phenoxy) is 1. The summed E-state index contributed by atoms with van der Waals surface area (Å²) in [6.45, 7) is 3.54. The van der Waals surface area contributed by atoms with E-state index in [1.165, 1.54) is 19.3 Å². The van der Waals surface area contributed by atoms with E-state index in [-0.39, 0.29) is 10.8 Å². The molecule has 3 nitrogen and oxygen atoms in total. The van der Waals surface area contributed by atoms with Crippen LogP contribution in [0.25, 0.3) is 0 Å². The van der Waals surface area contributed by atoms with Crippen LogP contribution in [0.1, 0.15) is 11.6 Å². The smallest absolute Gasteiger partial charge is 0.139 e. The number of benzene rings is 1. The first-order valence-electron chi connectivity index (χ1n) is 4.04. The Morgan fingerprint density at radius 2 is 2.29 bits per heavy atom. The zero-order valence-electron chi connectivity index (χ0n) is 7.83. The predicted molar refractivity (Wildman–Crippen MR) is 56.8 cm³/mol. The second-order valence-electron chi connectivity index (χ2n) is 2.81. The quantitative estimate of drug-likeness (QED) is 0.758. The lowest BCUT2D eigenvalue weighted by molar-refractivity contribution is 0.410. The van der Waals surface area contributed by atoms with Gasteiger partial charge in [0.15, 0.2) is 0 Å². The van der Waals surface area contributed by atoms with Gasteiger partial charge in [0.2, 0.25) is 0 Å². The van der Waals surface area contributed by atoms with Crippen molar-refractivity contribution in [1.29, 1.82) is 0 Å². The number of nitrogens with two attached hydrogens (primary N) is 1. The first kappa shape index (κ1) is 10.9. The van der Waals surface area contributed by atoms with Gasteiger partial charge in [0.25, 0.3) is 0 Å². The molecular formula is C10H12ClNO2. The molecule has 0 aliphatic carbocycles. The van der Waals surface area contributed by atoms with Crippen molar-refractivity contribution in [3.63, 3.8) is 0 Å². The molecule has 0 aromatic heterocycles. The lowest BCUT2D eigenvalue weighted by atomic mass is 10.1. The molecule has 1 aromatic carbocycles. The van der Waals surface area contributed by atoms with Gasteiger partial charge in [-0.2, -0.15) is 0 Å². The normalized spacial score (nSPS) is 12.2. The van der Waals surface area contributed by atoms with Gasteiger partial charge < -0.3 is 15.6 Å². The van der Waals surface area contributed by atoms with E-state index in [9.17, 15) is 5.11 Å². The van der Waals surface area contributed by atoms with Crippen molar-refractivity contribution in [2.45, 2.75) is 6.04 Å². The largest absolute Gasteiger partial charge is 0.506 e. The van der Waals surface area contributed by atoms with Crippen LogP contribution in [-0.4, -0.2) is 12.2 Å².